The quantitative estimate of drug-likeness (QED) is 0.0472. The second-order valence-corrected chi connectivity index (χ2v) is 14.4. The van der Waals surface area contributed by atoms with Crippen molar-refractivity contribution in [1.82, 2.24) is 10.2 Å². The van der Waals surface area contributed by atoms with Crippen molar-refractivity contribution in [2.24, 2.45) is 0 Å². The summed E-state index contributed by atoms with van der Waals surface area (Å²) in [5.74, 6) is 0.255. The fourth-order valence-corrected chi connectivity index (χ4v) is 8.15. The lowest BCUT2D eigenvalue weighted by atomic mass is 9.94. The first-order valence-corrected chi connectivity index (χ1v) is 18.2. The third-order valence-electron chi connectivity index (χ3n) is 8.35. The zero-order valence-corrected chi connectivity index (χ0v) is 29.6. The number of ketones is 1. The summed E-state index contributed by atoms with van der Waals surface area (Å²) >= 11 is 8.97. The molecule has 5 aromatic rings. The molecule has 50 heavy (non-hydrogen) atoms. The van der Waals surface area contributed by atoms with Crippen molar-refractivity contribution in [2.45, 2.75) is 49.1 Å². The highest BCUT2D eigenvalue weighted by Crippen LogP contribution is 2.46. The van der Waals surface area contributed by atoms with Gasteiger partial charge >= 0.3 is 5.91 Å². The van der Waals surface area contributed by atoms with Gasteiger partial charge in [-0.1, -0.05) is 89.3 Å². The molecule has 0 unspecified atom stereocenters. The maximum absolute atomic E-state index is 13.9. The standard InChI is InChI=1S/C38H32ClN3O6S2/c1-3-46-31-19-24(13-16-30(31)47-20-23-9-5-4-6-10-23)33-32(34(43)25-14-15-29-27(18-25)17-22(2)48-29)35(44)36(45)42(33)37-40-41-38(50-37)49-21-26-11-7-8-12-28(26)39/h4-16,18-19,22,33,43H,3,17,20-21H2,1-2H3/b34-32+/t22-,33-/m1/s1. The van der Waals surface area contributed by atoms with E-state index in [-0.39, 0.29) is 22.6 Å². The predicted octanol–water partition coefficient (Wildman–Crippen LogP) is 8.41. The average Bonchev–Trinajstić information content (AvgIpc) is 3.82. The molecule has 1 N–H and O–H groups in total. The number of benzene rings is 4. The minimum absolute atomic E-state index is 0.00466. The van der Waals surface area contributed by atoms with Crippen LogP contribution in [0.2, 0.25) is 5.02 Å². The molecule has 2 atom stereocenters. The molecule has 1 amide bonds. The van der Waals surface area contributed by atoms with Gasteiger partial charge in [-0.05, 0) is 72.5 Å². The van der Waals surface area contributed by atoms with E-state index in [9.17, 15) is 14.7 Å². The van der Waals surface area contributed by atoms with Crippen LogP contribution in [0.1, 0.15) is 47.7 Å². The van der Waals surface area contributed by atoms with Gasteiger partial charge in [0, 0.05) is 22.8 Å². The van der Waals surface area contributed by atoms with Gasteiger partial charge in [0.1, 0.15) is 24.2 Å². The van der Waals surface area contributed by atoms with Gasteiger partial charge in [-0.3, -0.25) is 14.5 Å². The Morgan fingerprint density at radius 2 is 1.80 bits per heavy atom. The number of anilines is 1. The lowest BCUT2D eigenvalue weighted by molar-refractivity contribution is -0.132. The largest absolute Gasteiger partial charge is 0.507 e. The molecule has 0 aliphatic carbocycles. The Morgan fingerprint density at radius 3 is 2.60 bits per heavy atom. The van der Waals surface area contributed by atoms with Crippen molar-refractivity contribution in [3.05, 3.63) is 129 Å². The second-order valence-electron chi connectivity index (χ2n) is 11.8. The number of ether oxygens (including phenoxy) is 3. The minimum atomic E-state index is -1.03. The Balaban J connectivity index is 1.28. The molecule has 254 valence electrons. The van der Waals surface area contributed by atoms with Crippen molar-refractivity contribution < 1.29 is 28.9 Å². The molecule has 0 saturated carbocycles. The van der Waals surface area contributed by atoms with Crippen LogP contribution in [0.25, 0.3) is 5.76 Å². The second kappa shape index (κ2) is 14.6. The topological polar surface area (TPSA) is 111 Å². The number of hydrogen-bond donors (Lipinski definition) is 1. The molecular formula is C38H32ClN3O6S2. The number of aliphatic hydroxyl groups is 1. The summed E-state index contributed by atoms with van der Waals surface area (Å²) in [5, 5.41) is 21.4. The molecule has 12 heteroatoms. The fraction of sp³-hybridized carbons (Fsp3) is 0.211. The fourth-order valence-electron chi connectivity index (χ4n) is 6.00. The number of Topliss-reactive ketones (excluding diaryl/α,β-unsaturated/α-hetero) is 1. The number of fused-ring (bicyclic) bond motifs is 1. The SMILES string of the molecule is CCOc1cc([C@@H]2/C(=C(\O)c3ccc4c(c3)C[C@@H](C)O4)C(=O)C(=O)N2c2nnc(SCc3ccccc3Cl)s2)ccc1OCc1ccccc1. The van der Waals surface area contributed by atoms with Crippen molar-refractivity contribution in [2.75, 3.05) is 11.5 Å². The highest BCUT2D eigenvalue weighted by molar-refractivity contribution is 8.00. The Bertz CT molecular complexity index is 2100. The lowest BCUT2D eigenvalue weighted by Gasteiger charge is -2.24. The van der Waals surface area contributed by atoms with Gasteiger partial charge in [-0.25, -0.2) is 0 Å². The molecule has 9 nitrogen and oxygen atoms in total. The summed E-state index contributed by atoms with van der Waals surface area (Å²) < 4.78 is 18.6. The van der Waals surface area contributed by atoms with Crippen LogP contribution >= 0.6 is 34.7 Å². The van der Waals surface area contributed by atoms with E-state index >= 15 is 0 Å². The van der Waals surface area contributed by atoms with Crippen LogP contribution in [-0.2, 0) is 28.4 Å². The van der Waals surface area contributed by atoms with Crippen LogP contribution in [0.15, 0.2) is 101 Å². The van der Waals surface area contributed by atoms with Crippen LogP contribution in [0.3, 0.4) is 0 Å². The summed E-state index contributed by atoms with van der Waals surface area (Å²) in [6.45, 7) is 4.50. The number of aliphatic hydroxyl groups excluding tert-OH is 1. The average molecular weight is 726 g/mol. The number of amides is 1. The van der Waals surface area contributed by atoms with Crippen molar-refractivity contribution >= 4 is 57.3 Å². The molecule has 3 heterocycles. The normalized spacial score (nSPS) is 17.9. The van der Waals surface area contributed by atoms with Gasteiger partial charge in [0.25, 0.3) is 5.78 Å². The van der Waals surface area contributed by atoms with E-state index < -0.39 is 17.7 Å². The van der Waals surface area contributed by atoms with E-state index in [0.717, 1.165) is 22.4 Å². The Kier molecular flexibility index (Phi) is 9.80. The van der Waals surface area contributed by atoms with Gasteiger partial charge in [0.2, 0.25) is 5.13 Å². The summed E-state index contributed by atoms with van der Waals surface area (Å²) in [6.07, 6.45) is 0.658. The van der Waals surface area contributed by atoms with E-state index in [2.05, 4.69) is 10.2 Å². The summed E-state index contributed by atoms with van der Waals surface area (Å²) in [4.78, 5) is 29.1. The van der Waals surface area contributed by atoms with Crippen LogP contribution in [0.4, 0.5) is 5.13 Å². The van der Waals surface area contributed by atoms with Crippen LogP contribution < -0.4 is 19.1 Å². The van der Waals surface area contributed by atoms with Gasteiger partial charge in [-0.15, -0.1) is 10.2 Å². The van der Waals surface area contributed by atoms with Gasteiger partial charge < -0.3 is 19.3 Å². The highest BCUT2D eigenvalue weighted by Gasteiger charge is 2.48. The number of aromatic nitrogens is 2. The van der Waals surface area contributed by atoms with Crippen LogP contribution in [0, 0.1) is 0 Å². The number of rotatable bonds is 11. The Labute approximate surface area is 302 Å². The van der Waals surface area contributed by atoms with Gasteiger partial charge in [0.15, 0.2) is 15.8 Å². The zero-order chi connectivity index (χ0) is 34.8. The maximum atomic E-state index is 13.9. The lowest BCUT2D eigenvalue weighted by Crippen LogP contribution is -2.29. The number of hydrogen-bond acceptors (Lipinski definition) is 10. The number of nitrogens with zero attached hydrogens (tertiary/aromatic N) is 3. The highest BCUT2D eigenvalue weighted by atomic mass is 35.5. The number of carbonyl (C=O) groups is 2. The zero-order valence-electron chi connectivity index (χ0n) is 27.2. The molecule has 1 saturated heterocycles. The van der Waals surface area contributed by atoms with Crippen molar-refractivity contribution in [1.29, 1.82) is 0 Å². The molecule has 1 fully saturated rings. The minimum Gasteiger partial charge on any atom is -0.507 e. The number of carbonyl (C=O) groups excluding carboxylic acids is 2. The molecule has 0 bridgehead atoms. The third kappa shape index (κ3) is 6.81. The number of thioether (sulfide) groups is 1. The molecule has 2 aliphatic rings. The maximum Gasteiger partial charge on any atom is 0.301 e. The molecule has 0 spiro atoms. The smallest absolute Gasteiger partial charge is 0.301 e. The van der Waals surface area contributed by atoms with Crippen molar-refractivity contribution in [3.63, 3.8) is 0 Å². The Hall–Kier alpha value is -4.84. The van der Waals surface area contributed by atoms with E-state index in [4.69, 9.17) is 25.8 Å². The van der Waals surface area contributed by atoms with E-state index in [1.54, 1.807) is 36.4 Å². The summed E-state index contributed by atoms with van der Waals surface area (Å²) in [6, 6.07) is 26.8. The first-order chi connectivity index (χ1) is 24.3. The van der Waals surface area contributed by atoms with Crippen LogP contribution in [0.5, 0.6) is 17.2 Å². The summed E-state index contributed by atoms with van der Waals surface area (Å²) in [7, 11) is 0. The summed E-state index contributed by atoms with van der Waals surface area (Å²) in [5.41, 5.74) is 3.70. The van der Waals surface area contributed by atoms with Gasteiger partial charge in [0.05, 0.1) is 18.2 Å². The Morgan fingerprint density at radius 1 is 1.00 bits per heavy atom. The third-order valence-corrected chi connectivity index (χ3v) is 10.8. The first-order valence-electron chi connectivity index (χ1n) is 16.0. The monoisotopic (exact) mass is 725 g/mol. The van der Waals surface area contributed by atoms with E-state index in [1.807, 2.05) is 68.4 Å². The van der Waals surface area contributed by atoms with Crippen molar-refractivity contribution in [3.8, 4) is 17.2 Å². The van der Waals surface area contributed by atoms with Crippen LogP contribution in [-0.4, -0.2) is 39.7 Å². The number of halogens is 1. The van der Waals surface area contributed by atoms with E-state index in [1.165, 1.54) is 28.0 Å². The predicted molar refractivity (Wildman–Crippen MR) is 194 cm³/mol. The van der Waals surface area contributed by atoms with E-state index in [0.29, 0.717) is 57.4 Å². The molecular weight excluding hydrogens is 694 g/mol. The molecule has 7 rings (SSSR count). The molecule has 1 aromatic heterocycles. The first kappa shape index (κ1) is 33.6. The molecule has 2 aliphatic heterocycles. The molecule has 0 radical (unpaired) electrons. The molecule has 4 aromatic carbocycles. The van der Waals surface area contributed by atoms with Gasteiger partial charge in [-0.2, -0.15) is 0 Å².